The summed E-state index contributed by atoms with van der Waals surface area (Å²) >= 11 is 0. The average Bonchev–Trinajstić information content (AvgIpc) is 2.21. The number of benzene rings is 2. The van der Waals surface area contributed by atoms with Crippen LogP contribution < -0.4 is 0 Å². The van der Waals surface area contributed by atoms with Crippen LogP contribution in [-0.2, 0) is 0 Å². The van der Waals surface area contributed by atoms with Crippen molar-refractivity contribution >= 4 is 68.9 Å². The quantitative estimate of drug-likeness (QED) is 0.757. The first-order valence-corrected chi connectivity index (χ1v) is 4.07. The topological polar surface area (TPSA) is 0 Å². The van der Waals surface area contributed by atoms with Crippen molar-refractivity contribution in [3.05, 3.63) is 60.7 Å². The van der Waals surface area contributed by atoms with Gasteiger partial charge in [0, 0.05) is 0 Å². The molecule has 2 rings (SSSR count). The van der Waals surface area contributed by atoms with Crippen LogP contribution in [0.4, 0.5) is 0 Å². The fourth-order valence-electron chi connectivity index (χ4n) is 1.26. The Morgan fingerprint density at radius 2 is 0.769 bits per heavy atom. The van der Waals surface area contributed by atoms with Crippen LogP contribution >= 0.6 is 0 Å². The Hall–Kier alpha value is 0.492. The van der Waals surface area contributed by atoms with Crippen LogP contribution in [0.3, 0.4) is 0 Å². The second kappa shape index (κ2) is 6.07. The van der Waals surface area contributed by atoms with Gasteiger partial charge in [-0.3, -0.25) is 0 Å². The zero-order chi connectivity index (χ0) is 8.23. The van der Waals surface area contributed by atoms with Crippen molar-refractivity contribution in [2.75, 3.05) is 0 Å². The third-order valence-electron chi connectivity index (χ3n) is 1.88. The predicted molar refractivity (Wildman–Crippen MR) is 59.0 cm³/mol. The molecule has 60 valence electrons. The summed E-state index contributed by atoms with van der Waals surface area (Å²) in [5, 5.41) is 0. The van der Waals surface area contributed by atoms with E-state index in [4.69, 9.17) is 0 Å². The van der Waals surface area contributed by atoms with E-state index >= 15 is 0 Å². The van der Waals surface area contributed by atoms with Gasteiger partial charge in [0.1, 0.15) is 0 Å². The van der Waals surface area contributed by atoms with E-state index in [0.29, 0.717) is 0 Å². The van der Waals surface area contributed by atoms with E-state index in [-0.39, 0.29) is 68.9 Å². The molecule has 0 radical (unpaired) electrons. The number of hydrogen-bond donors (Lipinski definition) is 0. The fourth-order valence-corrected chi connectivity index (χ4v) is 1.26. The Morgan fingerprint density at radius 1 is 0.462 bits per heavy atom. The minimum atomic E-state index is 0. The van der Waals surface area contributed by atoms with Gasteiger partial charge in [-0.1, -0.05) is 60.7 Å². The largest absolute Gasteiger partial charge is 0.0622 e. The van der Waals surface area contributed by atoms with Gasteiger partial charge in [-0.15, -0.1) is 0 Å². The van der Waals surface area contributed by atoms with Crippen molar-refractivity contribution in [3.63, 3.8) is 0 Å². The van der Waals surface area contributed by atoms with Crippen LogP contribution in [0.15, 0.2) is 60.7 Å². The van der Waals surface area contributed by atoms with E-state index in [9.17, 15) is 0 Å². The van der Waals surface area contributed by atoms with Crippen LogP contribution in [0.1, 0.15) is 0 Å². The molecule has 13 heavy (non-hydrogen) atoms. The molecule has 0 nitrogen and oxygen atoms in total. The molecule has 0 aliphatic carbocycles. The maximum absolute atomic E-state index is 2.12. The molecular weight excluding hydrogens is 277 g/mol. The van der Waals surface area contributed by atoms with Crippen molar-refractivity contribution in [1.29, 1.82) is 0 Å². The van der Waals surface area contributed by atoms with Crippen molar-refractivity contribution in [3.8, 4) is 11.1 Å². The Bertz CT molecular complexity index is 303. The SMILES string of the molecule is [CsH].c1ccc(-c2ccccc2)cc1. The molecule has 0 aliphatic heterocycles. The van der Waals surface area contributed by atoms with Crippen LogP contribution in [0, 0.1) is 0 Å². The molecule has 0 amide bonds. The van der Waals surface area contributed by atoms with E-state index in [1.165, 1.54) is 11.1 Å². The zero-order valence-electron chi connectivity index (χ0n) is 6.77. The van der Waals surface area contributed by atoms with E-state index in [1.807, 2.05) is 12.1 Å². The van der Waals surface area contributed by atoms with Gasteiger partial charge in [0.25, 0.3) is 0 Å². The first-order chi connectivity index (χ1) is 5.97. The molecule has 0 saturated carbocycles. The average molecular weight is 288 g/mol. The Balaban J connectivity index is 0.000000845. The summed E-state index contributed by atoms with van der Waals surface area (Å²) in [5.74, 6) is 0. The molecular formula is C12H11Cs. The van der Waals surface area contributed by atoms with E-state index in [2.05, 4.69) is 48.5 Å². The van der Waals surface area contributed by atoms with E-state index in [1.54, 1.807) is 0 Å². The molecule has 0 heterocycles. The third-order valence-corrected chi connectivity index (χ3v) is 1.88. The van der Waals surface area contributed by atoms with Gasteiger partial charge in [0.2, 0.25) is 0 Å². The molecule has 2 aromatic carbocycles. The van der Waals surface area contributed by atoms with Gasteiger partial charge in [0.15, 0.2) is 0 Å². The molecule has 0 atom stereocenters. The van der Waals surface area contributed by atoms with Gasteiger partial charge in [0.05, 0.1) is 0 Å². The number of rotatable bonds is 1. The fraction of sp³-hybridized carbons (Fsp3) is 0. The maximum atomic E-state index is 2.12. The van der Waals surface area contributed by atoms with Crippen molar-refractivity contribution < 1.29 is 0 Å². The summed E-state index contributed by atoms with van der Waals surface area (Å²) in [4.78, 5) is 0. The summed E-state index contributed by atoms with van der Waals surface area (Å²) < 4.78 is 0. The Kier molecular flexibility index (Phi) is 5.40. The van der Waals surface area contributed by atoms with Crippen LogP contribution in [0.2, 0.25) is 0 Å². The molecule has 0 aromatic heterocycles. The molecule has 0 fully saturated rings. The summed E-state index contributed by atoms with van der Waals surface area (Å²) in [5.41, 5.74) is 2.55. The Labute approximate surface area is 138 Å². The van der Waals surface area contributed by atoms with Gasteiger partial charge >= 0.3 is 68.9 Å². The first-order valence-electron chi connectivity index (χ1n) is 4.07. The van der Waals surface area contributed by atoms with Crippen molar-refractivity contribution in [2.24, 2.45) is 0 Å². The second-order valence-corrected chi connectivity index (χ2v) is 2.73. The molecule has 0 unspecified atom stereocenters. The predicted octanol–water partition coefficient (Wildman–Crippen LogP) is 2.71. The normalized spacial score (nSPS) is 8.92. The molecule has 0 saturated heterocycles. The molecule has 0 bridgehead atoms. The maximum Gasteiger partial charge on any atom is -0.0184 e. The van der Waals surface area contributed by atoms with Crippen LogP contribution in [0.25, 0.3) is 11.1 Å². The minimum absolute atomic E-state index is 0. The molecule has 0 N–H and O–H groups in total. The zero-order valence-corrected chi connectivity index (χ0v) is 6.77. The smallest absolute Gasteiger partial charge is 0.0184 e. The Morgan fingerprint density at radius 3 is 1.08 bits per heavy atom. The van der Waals surface area contributed by atoms with E-state index in [0.717, 1.165) is 0 Å². The van der Waals surface area contributed by atoms with Gasteiger partial charge in [-0.2, -0.15) is 0 Å². The molecule has 0 spiro atoms. The minimum Gasteiger partial charge on any atom is -0.0622 e. The summed E-state index contributed by atoms with van der Waals surface area (Å²) in [7, 11) is 0. The monoisotopic (exact) mass is 288 g/mol. The van der Waals surface area contributed by atoms with Gasteiger partial charge in [-0.25, -0.2) is 0 Å². The van der Waals surface area contributed by atoms with E-state index < -0.39 is 0 Å². The standard InChI is InChI=1S/C12H10.Cs.H/c1-3-7-11(8-4-1)12-9-5-2-6-10-12;;/h1-10H;;. The van der Waals surface area contributed by atoms with Gasteiger partial charge < -0.3 is 0 Å². The third kappa shape index (κ3) is 3.27. The number of hydrogen-bond acceptors (Lipinski definition) is 0. The van der Waals surface area contributed by atoms with Gasteiger partial charge in [-0.05, 0) is 11.1 Å². The van der Waals surface area contributed by atoms with Crippen LogP contribution in [-0.4, -0.2) is 68.9 Å². The summed E-state index contributed by atoms with van der Waals surface area (Å²) in [6.07, 6.45) is 0. The van der Waals surface area contributed by atoms with Crippen LogP contribution in [0.5, 0.6) is 0 Å². The van der Waals surface area contributed by atoms with Crippen molar-refractivity contribution in [1.82, 2.24) is 0 Å². The first kappa shape index (κ1) is 11.6. The van der Waals surface area contributed by atoms with Crippen molar-refractivity contribution in [2.45, 2.75) is 0 Å². The molecule has 0 aliphatic rings. The summed E-state index contributed by atoms with van der Waals surface area (Å²) in [6, 6.07) is 20.8. The molecule has 2 aromatic rings. The second-order valence-electron chi connectivity index (χ2n) is 2.73. The summed E-state index contributed by atoms with van der Waals surface area (Å²) in [6.45, 7) is 0. The molecule has 1 heteroatoms.